The average Bonchev–Trinajstić information content (AvgIpc) is 2.59. The number of carbonyl (C=O) groups excluding carboxylic acids is 2. The quantitative estimate of drug-likeness (QED) is 0.944. The van der Waals surface area contributed by atoms with Crippen LogP contribution in [0.4, 0.5) is 5.69 Å². The lowest BCUT2D eigenvalue weighted by molar-refractivity contribution is -0.118. The third-order valence-electron chi connectivity index (χ3n) is 3.74. The molecule has 23 heavy (non-hydrogen) atoms. The molecule has 5 heteroatoms. The minimum absolute atomic E-state index is 0.00931. The predicted molar refractivity (Wildman–Crippen MR) is 87.4 cm³/mol. The lowest BCUT2D eigenvalue weighted by Gasteiger charge is -2.23. The van der Waals surface area contributed by atoms with Crippen LogP contribution in [0.15, 0.2) is 48.5 Å². The van der Waals surface area contributed by atoms with Gasteiger partial charge in [0.1, 0.15) is 5.75 Å². The van der Waals surface area contributed by atoms with Gasteiger partial charge >= 0.3 is 0 Å². The zero-order chi connectivity index (χ0) is 16.2. The number of hydrogen-bond donors (Lipinski definition) is 1. The summed E-state index contributed by atoms with van der Waals surface area (Å²) >= 11 is 0. The zero-order valence-corrected chi connectivity index (χ0v) is 12.9. The number of anilines is 1. The summed E-state index contributed by atoms with van der Waals surface area (Å²) in [6.45, 7) is 3.11. The Kier molecular flexibility index (Phi) is 4.28. The molecule has 0 aromatic heterocycles. The third-order valence-corrected chi connectivity index (χ3v) is 3.74. The fourth-order valence-electron chi connectivity index (χ4n) is 2.53. The average molecular weight is 310 g/mol. The molecule has 3 rings (SSSR count). The maximum Gasteiger partial charge on any atom is 0.262 e. The van der Waals surface area contributed by atoms with Crippen molar-refractivity contribution in [2.24, 2.45) is 0 Å². The van der Waals surface area contributed by atoms with Crippen LogP contribution < -0.4 is 10.1 Å². The molecule has 2 aromatic carbocycles. The molecule has 0 saturated heterocycles. The van der Waals surface area contributed by atoms with E-state index in [0.29, 0.717) is 30.1 Å². The Morgan fingerprint density at radius 2 is 2.00 bits per heavy atom. The fraction of sp³-hybridized carbons (Fsp3) is 0.222. The number of benzene rings is 2. The van der Waals surface area contributed by atoms with Crippen LogP contribution in [-0.2, 0) is 11.3 Å². The normalized spacial score (nSPS) is 12.8. The van der Waals surface area contributed by atoms with Crippen LogP contribution in [-0.4, -0.2) is 29.9 Å². The molecule has 0 radical (unpaired) electrons. The lowest BCUT2D eigenvalue weighted by Crippen LogP contribution is -2.31. The van der Waals surface area contributed by atoms with Crippen molar-refractivity contribution in [1.82, 2.24) is 4.90 Å². The van der Waals surface area contributed by atoms with E-state index in [-0.39, 0.29) is 18.4 Å². The molecule has 0 saturated carbocycles. The second kappa shape index (κ2) is 6.52. The molecular weight excluding hydrogens is 292 g/mol. The van der Waals surface area contributed by atoms with Gasteiger partial charge in [0.15, 0.2) is 6.61 Å². The molecule has 2 amide bonds. The Morgan fingerprint density at radius 1 is 1.22 bits per heavy atom. The number of amides is 2. The molecule has 1 N–H and O–H groups in total. The number of rotatable bonds is 4. The van der Waals surface area contributed by atoms with Crippen molar-refractivity contribution in [3.8, 4) is 5.75 Å². The minimum atomic E-state index is -0.210. The molecule has 2 aromatic rings. The Bertz CT molecular complexity index is 728. The molecule has 0 bridgehead atoms. The number of nitrogens with zero attached hydrogens (tertiary/aromatic N) is 1. The molecular formula is C18H18N2O3. The summed E-state index contributed by atoms with van der Waals surface area (Å²) in [5.74, 6) is 0.310. The van der Waals surface area contributed by atoms with Gasteiger partial charge in [-0.3, -0.25) is 9.59 Å². The monoisotopic (exact) mass is 310 g/mol. The molecule has 118 valence electrons. The first-order chi connectivity index (χ1) is 11.2. The van der Waals surface area contributed by atoms with E-state index in [1.165, 1.54) is 0 Å². The van der Waals surface area contributed by atoms with Crippen molar-refractivity contribution in [2.75, 3.05) is 18.5 Å². The minimum Gasteiger partial charge on any atom is -0.482 e. The highest BCUT2D eigenvalue weighted by Crippen LogP contribution is 2.29. The maximum absolute atomic E-state index is 12.7. The molecule has 5 nitrogen and oxygen atoms in total. The SMILES string of the molecule is CCN(Cc1ccccc1)C(=O)c1ccc2c(c1)NC(=O)CO2. The van der Waals surface area contributed by atoms with Gasteiger partial charge < -0.3 is 15.0 Å². The van der Waals surface area contributed by atoms with E-state index in [4.69, 9.17) is 4.74 Å². The first-order valence-corrected chi connectivity index (χ1v) is 7.57. The Labute approximate surface area is 134 Å². The molecule has 0 spiro atoms. The summed E-state index contributed by atoms with van der Waals surface area (Å²) in [4.78, 5) is 25.9. The van der Waals surface area contributed by atoms with Crippen molar-refractivity contribution in [3.05, 3.63) is 59.7 Å². The second-order valence-corrected chi connectivity index (χ2v) is 5.35. The summed E-state index contributed by atoms with van der Waals surface area (Å²) in [6, 6.07) is 15.0. The Morgan fingerprint density at radius 3 is 2.74 bits per heavy atom. The largest absolute Gasteiger partial charge is 0.482 e. The first kappa shape index (κ1) is 15.1. The van der Waals surface area contributed by atoms with Gasteiger partial charge in [0.2, 0.25) is 0 Å². The van der Waals surface area contributed by atoms with E-state index in [0.717, 1.165) is 5.56 Å². The number of nitrogens with one attached hydrogen (secondary N) is 1. The zero-order valence-electron chi connectivity index (χ0n) is 12.9. The molecule has 1 aliphatic heterocycles. The van der Waals surface area contributed by atoms with Crippen LogP contribution in [0.2, 0.25) is 0 Å². The highest BCUT2D eigenvalue weighted by atomic mass is 16.5. The molecule has 1 heterocycles. The van der Waals surface area contributed by atoms with Crippen molar-refractivity contribution in [1.29, 1.82) is 0 Å². The Balaban J connectivity index is 1.81. The van der Waals surface area contributed by atoms with E-state index in [9.17, 15) is 9.59 Å². The van der Waals surface area contributed by atoms with Crippen LogP contribution in [0.3, 0.4) is 0 Å². The molecule has 1 aliphatic rings. The standard InChI is InChI=1S/C18H18N2O3/c1-2-20(11-13-6-4-3-5-7-13)18(22)14-8-9-16-15(10-14)19-17(21)12-23-16/h3-10H,2,11-12H2,1H3,(H,19,21). The summed E-state index contributed by atoms with van der Waals surface area (Å²) < 4.78 is 5.32. The lowest BCUT2D eigenvalue weighted by atomic mass is 10.1. The maximum atomic E-state index is 12.7. The van der Waals surface area contributed by atoms with Crippen molar-refractivity contribution >= 4 is 17.5 Å². The van der Waals surface area contributed by atoms with Gasteiger partial charge in [-0.15, -0.1) is 0 Å². The topological polar surface area (TPSA) is 58.6 Å². The van der Waals surface area contributed by atoms with Gasteiger partial charge in [0, 0.05) is 18.7 Å². The molecule has 0 aliphatic carbocycles. The fourth-order valence-corrected chi connectivity index (χ4v) is 2.53. The van der Waals surface area contributed by atoms with Crippen LogP contribution in [0.25, 0.3) is 0 Å². The van der Waals surface area contributed by atoms with Gasteiger partial charge in [-0.05, 0) is 30.7 Å². The van der Waals surface area contributed by atoms with Crippen LogP contribution >= 0.6 is 0 Å². The number of fused-ring (bicyclic) bond motifs is 1. The van der Waals surface area contributed by atoms with Gasteiger partial charge in [0.05, 0.1) is 5.69 Å². The molecule has 0 atom stereocenters. The highest BCUT2D eigenvalue weighted by molar-refractivity contribution is 5.99. The van der Waals surface area contributed by atoms with E-state index >= 15 is 0 Å². The Hall–Kier alpha value is -2.82. The van der Waals surface area contributed by atoms with Gasteiger partial charge in [-0.2, -0.15) is 0 Å². The van der Waals surface area contributed by atoms with Crippen molar-refractivity contribution in [3.63, 3.8) is 0 Å². The van der Waals surface area contributed by atoms with E-state index in [2.05, 4.69) is 5.32 Å². The van der Waals surface area contributed by atoms with Crippen molar-refractivity contribution < 1.29 is 14.3 Å². The summed E-state index contributed by atoms with van der Waals surface area (Å²) in [7, 11) is 0. The van der Waals surface area contributed by atoms with E-state index < -0.39 is 0 Å². The van der Waals surface area contributed by atoms with E-state index in [1.54, 1.807) is 23.1 Å². The number of carbonyl (C=O) groups is 2. The smallest absolute Gasteiger partial charge is 0.262 e. The summed E-state index contributed by atoms with van der Waals surface area (Å²) in [6.07, 6.45) is 0. The second-order valence-electron chi connectivity index (χ2n) is 5.35. The van der Waals surface area contributed by atoms with Gasteiger partial charge in [-0.1, -0.05) is 30.3 Å². The number of ether oxygens (including phenoxy) is 1. The van der Waals surface area contributed by atoms with Crippen LogP contribution in [0, 0.1) is 0 Å². The molecule has 0 fully saturated rings. The summed E-state index contributed by atoms with van der Waals surface area (Å²) in [5.41, 5.74) is 2.16. The highest BCUT2D eigenvalue weighted by Gasteiger charge is 2.20. The van der Waals surface area contributed by atoms with Crippen molar-refractivity contribution in [2.45, 2.75) is 13.5 Å². The van der Waals surface area contributed by atoms with Gasteiger partial charge in [-0.25, -0.2) is 0 Å². The molecule has 0 unspecified atom stereocenters. The third kappa shape index (κ3) is 3.34. The van der Waals surface area contributed by atoms with Crippen LogP contribution in [0.5, 0.6) is 5.75 Å². The summed E-state index contributed by atoms with van der Waals surface area (Å²) in [5, 5.41) is 2.73. The number of hydrogen-bond acceptors (Lipinski definition) is 3. The van der Waals surface area contributed by atoms with Gasteiger partial charge in [0.25, 0.3) is 11.8 Å². The predicted octanol–water partition coefficient (Wildman–Crippen LogP) is 2.68. The van der Waals surface area contributed by atoms with Crippen LogP contribution in [0.1, 0.15) is 22.8 Å². The first-order valence-electron chi connectivity index (χ1n) is 7.57. The van der Waals surface area contributed by atoms with E-state index in [1.807, 2.05) is 37.3 Å².